The van der Waals surface area contributed by atoms with Crippen molar-refractivity contribution in [3.8, 4) is 0 Å². The molecule has 0 heterocycles. The molecule has 2 aliphatic rings. The smallest absolute Gasteiger partial charge is 0.0612 e. The van der Waals surface area contributed by atoms with Crippen molar-refractivity contribution < 1.29 is 4.74 Å². The van der Waals surface area contributed by atoms with Crippen LogP contribution < -0.4 is 5.32 Å². The molecule has 1 N–H and O–H groups in total. The summed E-state index contributed by atoms with van der Waals surface area (Å²) in [4.78, 5) is 0. The fraction of sp³-hybridized carbons (Fsp3) is 1.00. The van der Waals surface area contributed by atoms with Gasteiger partial charge in [-0.15, -0.1) is 0 Å². The van der Waals surface area contributed by atoms with E-state index in [9.17, 15) is 0 Å². The van der Waals surface area contributed by atoms with Crippen molar-refractivity contribution in [3.05, 3.63) is 0 Å². The molecule has 1 unspecified atom stereocenters. The number of nitrogens with one attached hydrogen (secondary N) is 1. The lowest BCUT2D eigenvalue weighted by Crippen LogP contribution is -2.48. The first-order valence-corrected chi connectivity index (χ1v) is 6.85. The first-order chi connectivity index (χ1) is 7.44. The Morgan fingerprint density at radius 2 is 1.88 bits per heavy atom. The molecule has 0 saturated heterocycles. The Labute approximate surface area is 100 Å². The first-order valence-electron chi connectivity index (χ1n) is 6.85. The van der Waals surface area contributed by atoms with Crippen LogP contribution in [0.3, 0.4) is 0 Å². The number of hydrogen-bond acceptors (Lipinski definition) is 2. The van der Waals surface area contributed by atoms with Gasteiger partial charge in [0.05, 0.1) is 11.7 Å². The average Bonchev–Trinajstić information content (AvgIpc) is 2.88. The number of hydrogen-bond donors (Lipinski definition) is 1. The van der Waals surface area contributed by atoms with Crippen LogP contribution >= 0.6 is 0 Å². The van der Waals surface area contributed by atoms with Crippen LogP contribution in [0.2, 0.25) is 0 Å². The minimum Gasteiger partial charge on any atom is -0.373 e. The molecule has 2 saturated carbocycles. The summed E-state index contributed by atoms with van der Waals surface area (Å²) in [6.07, 6.45) is 5.82. The second-order valence-electron chi connectivity index (χ2n) is 6.74. The molecule has 94 valence electrons. The van der Waals surface area contributed by atoms with Gasteiger partial charge in [0.1, 0.15) is 0 Å². The second kappa shape index (κ2) is 4.66. The van der Waals surface area contributed by atoms with E-state index >= 15 is 0 Å². The minimum atomic E-state index is 0.0247. The SMILES string of the molecule is CC(CNC1CC(OC(C)(C)C)C1)C1CC1. The Balaban J connectivity index is 1.54. The van der Waals surface area contributed by atoms with Gasteiger partial charge in [0.15, 0.2) is 0 Å². The maximum absolute atomic E-state index is 5.93. The molecule has 2 rings (SSSR count). The molecule has 2 fully saturated rings. The van der Waals surface area contributed by atoms with Gasteiger partial charge in [-0.2, -0.15) is 0 Å². The fourth-order valence-electron chi connectivity index (χ4n) is 2.51. The molecule has 0 aromatic carbocycles. The first kappa shape index (κ1) is 12.4. The zero-order chi connectivity index (χ0) is 11.8. The summed E-state index contributed by atoms with van der Waals surface area (Å²) in [6.45, 7) is 10.0. The van der Waals surface area contributed by atoms with Crippen molar-refractivity contribution in [2.24, 2.45) is 11.8 Å². The van der Waals surface area contributed by atoms with Crippen molar-refractivity contribution in [1.82, 2.24) is 5.32 Å². The zero-order valence-corrected chi connectivity index (χ0v) is 11.3. The summed E-state index contributed by atoms with van der Waals surface area (Å²) in [7, 11) is 0. The monoisotopic (exact) mass is 225 g/mol. The standard InChI is InChI=1S/C14H27NO/c1-10(11-5-6-11)9-15-12-7-13(8-12)16-14(2,3)4/h10-13,15H,5-9H2,1-4H3. The van der Waals surface area contributed by atoms with Crippen molar-refractivity contribution in [2.45, 2.75) is 71.1 Å². The highest BCUT2D eigenvalue weighted by Gasteiger charge is 2.34. The van der Waals surface area contributed by atoms with E-state index in [1.54, 1.807) is 0 Å². The molecule has 0 spiro atoms. The summed E-state index contributed by atoms with van der Waals surface area (Å²) in [5.41, 5.74) is 0.0247. The maximum Gasteiger partial charge on any atom is 0.0612 e. The van der Waals surface area contributed by atoms with Crippen LogP contribution in [0.5, 0.6) is 0 Å². The van der Waals surface area contributed by atoms with Gasteiger partial charge in [-0.25, -0.2) is 0 Å². The van der Waals surface area contributed by atoms with Gasteiger partial charge in [0.2, 0.25) is 0 Å². The van der Waals surface area contributed by atoms with E-state index in [1.807, 2.05) is 0 Å². The highest BCUT2D eigenvalue weighted by atomic mass is 16.5. The van der Waals surface area contributed by atoms with Crippen LogP contribution in [0.4, 0.5) is 0 Å². The topological polar surface area (TPSA) is 21.3 Å². The lowest BCUT2D eigenvalue weighted by atomic mass is 9.88. The molecule has 0 aromatic rings. The number of ether oxygens (including phenoxy) is 1. The summed E-state index contributed by atoms with van der Waals surface area (Å²) in [5, 5.41) is 3.68. The minimum absolute atomic E-state index is 0.0247. The summed E-state index contributed by atoms with van der Waals surface area (Å²) in [5.74, 6) is 1.90. The largest absolute Gasteiger partial charge is 0.373 e. The van der Waals surface area contributed by atoms with Gasteiger partial charge in [0, 0.05) is 6.04 Å². The molecule has 0 amide bonds. The van der Waals surface area contributed by atoms with Crippen LogP contribution in [-0.2, 0) is 4.74 Å². The maximum atomic E-state index is 5.93. The fourth-order valence-corrected chi connectivity index (χ4v) is 2.51. The molecule has 2 heteroatoms. The Kier molecular flexibility index (Phi) is 3.60. The Bertz CT molecular complexity index is 223. The summed E-state index contributed by atoms with van der Waals surface area (Å²) >= 11 is 0. The summed E-state index contributed by atoms with van der Waals surface area (Å²) in [6, 6.07) is 0.716. The highest BCUT2D eigenvalue weighted by Crippen LogP contribution is 2.36. The Hall–Kier alpha value is -0.0800. The lowest BCUT2D eigenvalue weighted by molar-refractivity contribution is -0.102. The van der Waals surface area contributed by atoms with Crippen molar-refractivity contribution in [3.63, 3.8) is 0 Å². The van der Waals surface area contributed by atoms with E-state index in [2.05, 4.69) is 33.0 Å². The molecule has 0 bridgehead atoms. The molecule has 0 radical (unpaired) electrons. The molecule has 0 aliphatic heterocycles. The van der Waals surface area contributed by atoms with Crippen molar-refractivity contribution in [1.29, 1.82) is 0 Å². The van der Waals surface area contributed by atoms with Crippen molar-refractivity contribution >= 4 is 0 Å². The van der Waals surface area contributed by atoms with Crippen LogP contribution in [0.15, 0.2) is 0 Å². The molecule has 0 aromatic heterocycles. The molecule has 1 atom stereocenters. The van der Waals surface area contributed by atoms with Gasteiger partial charge < -0.3 is 10.1 Å². The zero-order valence-electron chi connectivity index (χ0n) is 11.3. The average molecular weight is 225 g/mol. The number of rotatable bonds is 5. The third-order valence-electron chi connectivity index (χ3n) is 3.77. The normalized spacial score (nSPS) is 32.2. The quantitative estimate of drug-likeness (QED) is 0.776. The molecular formula is C14H27NO. The van der Waals surface area contributed by atoms with E-state index in [0.717, 1.165) is 11.8 Å². The highest BCUT2D eigenvalue weighted by molar-refractivity contribution is 4.89. The molecule has 2 aliphatic carbocycles. The van der Waals surface area contributed by atoms with Gasteiger partial charge in [0.25, 0.3) is 0 Å². The van der Waals surface area contributed by atoms with Gasteiger partial charge in [-0.3, -0.25) is 0 Å². The van der Waals surface area contributed by atoms with Crippen LogP contribution in [0.25, 0.3) is 0 Å². The predicted octanol–water partition coefficient (Wildman–Crippen LogP) is 2.97. The third kappa shape index (κ3) is 3.74. The van der Waals surface area contributed by atoms with E-state index in [-0.39, 0.29) is 5.60 Å². The van der Waals surface area contributed by atoms with E-state index in [1.165, 1.54) is 32.2 Å². The van der Waals surface area contributed by atoms with Crippen LogP contribution in [0.1, 0.15) is 53.4 Å². The van der Waals surface area contributed by atoms with Crippen LogP contribution in [-0.4, -0.2) is 24.3 Å². The van der Waals surface area contributed by atoms with E-state index in [0.29, 0.717) is 12.1 Å². The van der Waals surface area contributed by atoms with Gasteiger partial charge >= 0.3 is 0 Å². The second-order valence-corrected chi connectivity index (χ2v) is 6.74. The summed E-state index contributed by atoms with van der Waals surface area (Å²) < 4.78 is 5.93. The molecular weight excluding hydrogens is 198 g/mol. The molecule has 16 heavy (non-hydrogen) atoms. The lowest BCUT2D eigenvalue weighted by Gasteiger charge is -2.40. The Morgan fingerprint density at radius 1 is 1.25 bits per heavy atom. The van der Waals surface area contributed by atoms with Gasteiger partial charge in [-0.05, 0) is 64.8 Å². The molecule has 2 nitrogen and oxygen atoms in total. The van der Waals surface area contributed by atoms with E-state index in [4.69, 9.17) is 4.74 Å². The van der Waals surface area contributed by atoms with E-state index < -0.39 is 0 Å². The Morgan fingerprint density at radius 3 is 2.38 bits per heavy atom. The van der Waals surface area contributed by atoms with Crippen LogP contribution in [0, 0.1) is 11.8 Å². The van der Waals surface area contributed by atoms with Crippen molar-refractivity contribution in [2.75, 3.05) is 6.54 Å². The predicted molar refractivity (Wildman–Crippen MR) is 67.5 cm³/mol. The van der Waals surface area contributed by atoms with Gasteiger partial charge in [-0.1, -0.05) is 6.92 Å². The third-order valence-corrected chi connectivity index (χ3v) is 3.77.